The summed E-state index contributed by atoms with van der Waals surface area (Å²) >= 11 is 0. The second-order valence-corrected chi connectivity index (χ2v) is 4.66. The van der Waals surface area contributed by atoms with Crippen molar-refractivity contribution < 1.29 is 18.6 Å². The van der Waals surface area contributed by atoms with Gasteiger partial charge in [0.1, 0.15) is 5.82 Å². The van der Waals surface area contributed by atoms with Gasteiger partial charge in [0.05, 0.1) is 13.2 Å². The lowest BCUT2D eigenvalue weighted by atomic mass is 9.99. The molecule has 2 nitrogen and oxygen atoms in total. The molecule has 0 saturated carbocycles. The summed E-state index contributed by atoms with van der Waals surface area (Å²) in [6.45, 7) is 1.65. The van der Waals surface area contributed by atoms with Gasteiger partial charge in [-0.25, -0.2) is 8.78 Å². The molecule has 2 aromatic carbocycles. The molecule has 0 aliphatic rings. The Hall–Kier alpha value is -1.94. The van der Waals surface area contributed by atoms with Gasteiger partial charge in [-0.15, -0.1) is 0 Å². The van der Waals surface area contributed by atoms with E-state index in [0.29, 0.717) is 16.7 Å². The molecular weight excluding hydrogens is 262 g/mol. The normalized spacial score (nSPS) is 12.2. The van der Waals surface area contributed by atoms with E-state index >= 15 is 0 Å². The Labute approximate surface area is 116 Å². The first-order valence-electron chi connectivity index (χ1n) is 6.28. The lowest BCUT2D eigenvalue weighted by molar-refractivity contribution is 0.176. The van der Waals surface area contributed by atoms with Crippen LogP contribution in [-0.4, -0.2) is 12.2 Å². The Kier molecular flexibility index (Phi) is 4.35. The van der Waals surface area contributed by atoms with Gasteiger partial charge in [-0.1, -0.05) is 24.3 Å². The van der Waals surface area contributed by atoms with Crippen LogP contribution in [0.3, 0.4) is 0 Å². The molecule has 0 heterocycles. The average Bonchev–Trinajstić information content (AvgIpc) is 2.44. The monoisotopic (exact) mass is 278 g/mol. The smallest absolute Gasteiger partial charge is 0.168 e. The maximum absolute atomic E-state index is 14.0. The van der Waals surface area contributed by atoms with Crippen LogP contribution in [0.1, 0.15) is 22.8 Å². The van der Waals surface area contributed by atoms with Crippen LogP contribution in [0.2, 0.25) is 0 Å². The maximum atomic E-state index is 14.0. The maximum Gasteiger partial charge on any atom is 0.168 e. The first-order chi connectivity index (χ1) is 9.52. The van der Waals surface area contributed by atoms with Crippen LogP contribution in [0, 0.1) is 18.6 Å². The molecule has 1 atom stereocenters. The molecule has 0 saturated heterocycles. The fraction of sp³-hybridized carbons (Fsp3) is 0.250. The third kappa shape index (κ3) is 2.96. The van der Waals surface area contributed by atoms with Crippen LogP contribution in [0.15, 0.2) is 36.4 Å². The number of aliphatic hydroxyl groups excluding tert-OH is 1. The van der Waals surface area contributed by atoms with Crippen LogP contribution in [0.25, 0.3) is 0 Å². The number of ether oxygens (including phenoxy) is 1. The molecule has 0 aliphatic carbocycles. The predicted octanol–water partition coefficient (Wildman–Crippen LogP) is 3.56. The molecule has 0 fully saturated rings. The van der Waals surface area contributed by atoms with Gasteiger partial charge in [-0.2, -0.15) is 0 Å². The lowest BCUT2D eigenvalue weighted by Gasteiger charge is -2.13. The fourth-order valence-electron chi connectivity index (χ4n) is 2.01. The van der Waals surface area contributed by atoms with Gasteiger partial charge in [0.15, 0.2) is 11.6 Å². The Morgan fingerprint density at radius 2 is 1.95 bits per heavy atom. The van der Waals surface area contributed by atoms with Crippen LogP contribution in [0.5, 0.6) is 5.75 Å². The zero-order valence-electron chi connectivity index (χ0n) is 11.4. The van der Waals surface area contributed by atoms with E-state index in [4.69, 9.17) is 4.74 Å². The summed E-state index contributed by atoms with van der Waals surface area (Å²) in [5, 5.41) is 10.1. The molecule has 20 heavy (non-hydrogen) atoms. The van der Waals surface area contributed by atoms with Crippen molar-refractivity contribution >= 4 is 0 Å². The highest BCUT2D eigenvalue weighted by molar-refractivity contribution is 5.33. The Bertz CT molecular complexity index is 611. The molecule has 1 unspecified atom stereocenters. The Balaban J connectivity index is 2.23. The summed E-state index contributed by atoms with van der Waals surface area (Å²) in [4.78, 5) is 0. The lowest BCUT2D eigenvalue weighted by Crippen LogP contribution is -2.05. The molecule has 0 aromatic heterocycles. The van der Waals surface area contributed by atoms with Gasteiger partial charge in [-0.05, 0) is 35.7 Å². The number of aliphatic hydroxyl groups is 1. The summed E-state index contributed by atoms with van der Waals surface area (Å²) in [7, 11) is 1.38. The van der Waals surface area contributed by atoms with Crippen molar-refractivity contribution in [2.24, 2.45) is 0 Å². The van der Waals surface area contributed by atoms with Crippen molar-refractivity contribution in [2.45, 2.75) is 19.4 Å². The average molecular weight is 278 g/mol. The predicted molar refractivity (Wildman–Crippen MR) is 72.8 cm³/mol. The number of methoxy groups -OCH3 is 1. The Morgan fingerprint density at radius 3 is 2.60 bits per heavy atom. The van der Waals surface area contributed by atoms with Crippen molar-refractivity contribution in [3.63, 3.8) is 0 Å². The number of benzene rings is 2. The van der Waals surface area contributed by atoms with Crippen LogP contribution < -0.4 is 4.74 Å². The number of hydrogen-bond acceptors (Lipinski definition) is 2. The topological polar surface area (TPSA) is 29.5 Å². The zero-order chi connectivity index (χ0) is 14.7. The van der Waals surface area contributed by atoms with E-state index in [-0.39, 0.29) is 18.0 Å². The second kappa shape index (κ2) is 6.01. The molecular formula is C16H16F2O2. The van der Waals surface area contributed by atoms with Crippen molar-refractivity contribution in [2.75, 3.05) is 7.11 Å². The van der Waals surface area contributed by atoms with Crippen LogP contribution in [-0.2, 0) is 6.42 Å². The fourth-order valence-corrected chi connectivity index (χ4v) is 2.01. The molecule has 2 rings (SSSR count). The summed E-state index contributed by atoms with van der Waals surface area (Å²) in [5.41, 5.74) is 1.27. The number of hydrogen-bond donors (Lipinski definition) is 1. The van der Waals surface area contributed by atoms with Gasteiger partial charge < -0.3 is 9.84 Å². The number of halogens is 2. The highest BCUT2D eigenvalue weighted by atomic mass is 19.1. The number of rotatable bonds is 4. The summed E-state index contributed by atoms with van der Waals surface area (Å²) in [5.74, 6) is -0.751. The van der Waals surface area contributed by atoms with Gasteiger partial charge >= 0.3 is 0 Å². The van der Waals surface area contributed by atoms with E-state index in [1.807, 2.05) is 0 Å². The van der Waals surface area contributed by atoms with Crippen LogP contribution in [0.4, 0.5) is 8.78 Å². The molecule has 2 aromatic rings. The third-order valence-corrected chi connectivity index (χ3v) is 3.26. The molecule has 0 spiro atoms. The zero-order valence-corrected chi connectivity index (χ0v) is 11.4. The molecule has 0 bridgehead atoms. The third-order valence-electron chi connectivity index (χ3n) is 3.26. The Morgan fingerprint density at radius 1 is 1.20 bits per heavy atom. The van der Waals surface area contributed by atoms with Crippen molar-refractivity contribution in [3.05, 3.63) is 64.7 Å². The quantitative estimate of drug-likeness (QED) is 0.926. The SMILES string of the molecule is COc1cccc(CC(O)c2ccc(C)c(F)c2)c1F. The molecule has 1 N–H and O–H groups in total. The summed E-state index contributed by atoms with van der Waals surface area (Å²) in [6.07, 6.45) is -0.905. The van der Waals surface area contributed by atoms with E-state index in [1.165, 1.54) is 19.2 Å². The van der Waals surface area contributed by atoms with Crippen LogP contribution >= 0.6 is 0 Å². The van der Waals surface area contributed by atoms with Crippen molar-refractivity contribution in [3.8, 4) is 5.75 Å². The number of aryl methyl sites for hydroxylation is 1. The van der Waals surface area contributed by atoms with E-state index in [0.717, 1.165) is 0 Å². The van der Waals surface area contributed by atoms with E-state index in [2.05, 4.69) is 0 Å². The summed E-state index contributed by atoms with van der Waals surface area (Å²) < 4.78 is 32.3. The van der Waals surface area contributed by atoms with E-state index < -0.39 is 11.9 Å². The molecule has 0 radical (unpaired) electrons. The molecule has 0 aliphatic heterocycles. The summed E-state index contributed by atoms with van der Waals surface area (Å²) in [6, 6.07) is 9.25. The minimum Gasteiger partial charge on any atom is -0.494 e. The second-order valence-electron chi connectivity index (χ2n) is 4.66. The first-order valence-corrected chi connectivity index (χ1v) is 6.28. The van der Waals surface area contributed by atoms with Gasteiger partial charge in [-0.3, -0.25) is 0 Å². The van der Waals surface area contributed by atoms with E-state index in [1.54, 1.807) is 31.2 Å². The minimum atomic E-state index is -0.966. The van der Waals surface area contributed by atoms with Gasteiger partial charge in [0, 0.05) is 6.42 Å². The molecule has 0 amide bonds. The van der Waals surface area contributed by atoms with Gasteiger partial charge in [0.25, 0.3) is 0 Å². The first kappa shape index (κ1) is 14.5. The van der Waals surface area contributed by atoms with Crippen molar-refractivity contribution in [1.82, 2.24) is 0 Å². The molecule has 4 heteroatoms. The molecule has 106 valence electrons. The highest BCUT2D eigenvalue weighted by Gasteiger charge is 2.15. The largest absolute Gasteiger partial charge is 0.494 e. The van der Waals surface area contributed by atoms with Crippen molar-refractivity contribution in [1.29, 1.82) is 0 Å². The standard InChI is InChI=1S/C16H16F2O2/c1-10-6-7-11(8-13(10)17)14(19)9-12-4-3-5-15(20-2)16(12)18/h3-8,14,19H,9H2,1-2H3. The van der Waals surface area contributed by atoms with Gasteiger partial charge in [0.2, 0.25) is 0 Å². The highest BCUT2D eigenvalue weighted by Crippen LogP contribution is 2.25. The minimum absolute atomic E-state index is 0.0610. The van der Waals surface area contributed by atoms with E-state index in [9.17, 15) is 13.9 Å².